The molecule has 94 valence electrons. The van der Waals surface area contributed by atoms with Gasteiger partial charge in [0.05, 0.1) is 11.9 Å². The summed E-state index contributed by atoms with van der Waals surface area (Å²) in [6.07, 6.45) is 4.13. The van der Waals surface area contributed by atoms with Crippen LogP contribution in [-0.2, 0) is 17.8 Å². The second kappa shape index (κ2) is 5.35. The molecule has 1 amide bonds. The molecule has 3 N–H and O–H groups in total. The fourth-order valence-electron chi connectivity index (χ4n) is 1.64. The molecule has 0 aliphatic heterocycles. The predicted molar refractivity (Wildman–Crippen MR) is 71.1 cm³/mol. The number of benzene rings is 1. The molecule has 1 heterocycles. The highest BCUT2D eigenvalue weighted by Gasteiger charge is 2.04. The molecule has 0 saturated carbocycles. The number of nitrogen functional groups attached to an aromatic ring is 1. The number of aromatic nitrogens is 2. The first-order chi connectivity index (χ1) is 8.67. The van der Waals surface area contributed by atoms with Gasteiger partial charge in [-0.25, -0.2) is 0 Å². The van der Waals surface area contributed by atoms with Gasteiger partial charge in [-0.3, -0.25) is 9.48 Å². The van der Waals surface area contributed by atoms with Gasteiger partial charge in [0.2, 0.25) is 5.91 Å². The SMILES string of the molecule is CCc1ccc(NC(=O)Cn2cc(N)cn2)cc1. The van der Waals surface area contributed by atoms with Crippen LogP contribution in [0.4, 0.5) is 11.4 Å². The minimum Gasteiger partial charge on any atom is -0.396 e. The summed E-state index contributed by atoms with van der Waals surface area (Å²) in [5, 5.41) is 6.77. The van der Waals surface area contributed by atoms with Crippen LogP contribution in [0.25, 0.3) is 0 Å². The largest absolute Gasteiger partial charge is 0.396 e. The van der Waals surface area contributed by atoms with E-state index in [1.165, 1.54) is 16.4 Å². The Bertz CT molecular complexity index is 530. The molecular formula is C13H16N4O. The van der Waals surface area contributed by atoms with Gasteiger partial charge in [0.25, 0.3) is 0 Å². The number of nitrogens with one attached hydrogen (secondary N) is 1. The summed E-state index contributed by atoms with van der Waals surface area (Å²) >= 11 is 0. The van der Waals surface area contributed by atoms with Crippen LogP contribution in [0.2, 0.25) is 0 Å². The highest BCUT2D eigenvalue weighted by atomic mass is 16.2. The van der Waals surface area contributed by atoms with Gasteiger partial charge in [0.15, 0.2) is 0 Å². The molecule has 0 saturated heterocycles. The molecule has 0 bridgehead atoms. The number of hydrogen-bond acceptors (Lipinski definition) is 3. The third kappa shape index (κ3) is 3.10. The van der Waals surface area contributed by atoms with Crippen molar-refractivity contribution in [3.8, 4) is 0 Å². The van der Waals surface area contributed by atoms with Crippen LogP contribution in [-0.4, -0.2) is 15.7 Å². The molecule has 0 spiro atoms. The van der Waals surface area contributed by atoms with Crippen molar-refractivity contribution in [3.05, 3.63) is 42.2 Å². The van der Waals surface area contributed by atoms with Gasteiger partial charge in [-0.15, -0.1) is 0 Å². The highest BCUT2D eigenvalue weighted by molar-refractivity contribution is 5.90. The third-order valence-corrected chi connectivity index (χ3v) is 2.60. The lowest BCUT2D eigenvalue weighted by Crippen LogP contribution is -2.18. The fourth-order valence-corrected chi connectivity index (χ4v) is 1.64. The van der Waals surface area contributed by atoms with E-state index >= 15 is 0 Å². The van der Waals surface area contributed by atoms with Gasteiger partial charge in [0.1, 0.15) is 6.54 Å². The van der Waals surface area contributed by atoms with E-state index in [4.69, 9.17) is 5.73 Å². The molecular weight excluding hydrogens is 228 g/mol. The average Bonchev–Trinajstić information content (AvgIpc) is 2.75. The molecule has 18 heavy (non-hydrogen) atoms. The first-order valence-electron chi connectivity index (χ1n) is 5.84. The third-order valence-electron chi connectivity index (χ3n) is 2.60. The Balaban J connectivity index is 1.94. The Morgan fingerprint density at radius 1 is 1.39 bits per heavy atom. The van der Waals surface area contributed by atoms with Crippen LogP contribution >= 0.6 is 0 Å². The summed E-state index contributed by atoms with van der Waals surface area (Å²) in [7, 11) is 0. The number of hydrogen-bond donors (Lipinski definition) is 2. The van der Waals surface area contributed by atoms with Crippen molar-refractivity contribution in [1.82, 2.24) is 9.78 Å². The van der Waals surface area contributed by atoms with E-state index < -0.39 is 0 Å². The molecule has 1 aromatic carbocycles. The number of nitrogens with zero attached hydrogens (tertiary/aromatic N) is 2. The minimum atomic E-state index is -0.123. The van der Waals surface area contributed by atoms with E-state index in [1.807, 2.05) is 24.3 Å². The second-order valence-electron chi connectivity index (χ2n) is 4.07. The van der Waals surface area contributed by atoms with Crippen molar-refractivity contribution in [2.24, 2.45) is 0 Å². The molecule has 0 radical (unpaired) electrons. The van der Waals surface area contributed by atoms with E-state index in [9.17, 15) is 4.79 Å². The molecule has 0 fully saturated rings. The van der Waals surface area contributed by atoms with Crippen molar-refractivity contribution in [2.75, 3.05) is 11.1 Å². The van der Waals surface area contributed by atoms with Gasteiger partial charge < -0.3 is 11.1 Å². The van der Waals surface area contributed by atoms with E-state index in [1.54, 1.807) is 6.20 Å². The van der Waals surface area contributed by atoms with Crippen molar-refractivity contribution < 1.29 is 4.79 Å². The van der Waals surface area contributed by atoms with E-state index in [2.05, 4.69) is 17.3 Å². The number of amides is 1. The highest BCUT2D eigenvalue weighted by Crippen LogP contribution is 2.10. The summed E-state index contributed by atoms with van der Waals surface area (Å²) in [4.78, 5) is 11.7. The van der Waals surface area contributed by atoms with Gasteiger partial charge >= 0.3 is 0 Å². The molecule has 1 aromatic heterocycles. The van der Waals surface area contributed by atoms with Crippen molar-refractivity contribution in [1.29, 1.82) is 0 Å². The Hall–Kier alpha value is -2.30. The predicted octanol–water partition coefficient (Wildman–Crippen LogP) is 1.67. The smallest absolute Gasteiger partial charge is 0.246 e. The maximum absolute atomic E-state index is 11.7. The lowest BCUT2D eigenvalue weighted by Gasteiger charge is -2.06. The number of nitrogens with two attached hydrogens (primary N) is 1. The lowest BCUT2D eigenvalue weighted by molar-refractivity contribution is -0.116. The molecule has 5 nitrogen and oxygen atoms in total. The van der Waals surface area contributed by atoms with Crippen LogP contribution < -0.4 is 11.1 Å². The summed E-state index contributed by atoms with van der Waals surface area (Å²) in [5.41, 5.74) is 8.11. The molecule has 0 aliphatic carbocycles. The number of carbonyl (C=O) groups is 1. The van der Waals surface area contributed by atoms with Gasteiger partial charge in [-0.05, 0) is 24.1 Å². The first kappa shape index (κ1) is 12.2. The van der Waals surface area contributed by atoms with Crippen LogP contribution in [0.15, 0.2) is 36.7 Å². The number of rotatable bonds is 4. The molecule has 2 aromatic rings. The van der Waals surface area contributed by atoms with E-state index in [0.29, 0.717) is 5.69 Å². The minimum absolute atomic E-state index is 0.123. The average molecular weight is 244 g/mol. The van der Waals surface area contributed by atoms with Gasteiger partial charge in [-0.2, -0.15) is 5.10 Å². The van der Waals surface area contributed by atoms with E-state index in [0.717, 1.165) is 12.1 Å². The molecule has 2 rings (SSSR count). The number of aryl methyl sites for hydroxylation is 1. The topological polar surface area (TPSA) is 72.9 Å². The Morgan fingerprint density at radius 3 is 2.67 bits per heavy atom. The zero-order chi connectivity index (χ0) is 13.0. The Morgan fingerprint density at radius 2 is 2.11 bits per heavy atom. The molecule has 0 aliphatic rings. The standard InChI is InChI=1S/C13H16N4O/c1-2-10-3-5-12(6-4-10)16-13(18)9-17-8-11(14)7-15-17/h3-8H,2,9,14H2,1H3,(H,16,18). The van der Waals surface area contributed by atoms with Gasteiger partial charge in [-0.1, -0.05) is 19.1 Å². The lowest BCUT2D eigenvalue weighted by atomic mass is 10.1. The summed E-state index contributed by atoms with van der Waals surface area (Å²) < 4.78 is 1.51. The van der Waals surface area contributed by atoms with Crippen molar-refractivity contribution >= 4 is 17.3 Å². The normalized spacial score (nSPS) is 10.3. The summed E-state index contributed by atoms with van der Waals surface area (Å²) in [6.45, 7) is 2.25. The van der Waals surface area contributed by atoms with E-state index in [-0.39, 0.29) is 12.5 Å². The van der Waals surface area contributed by atoms with Crippen molar-refractivity contribution in [3.63, 3.8) is 0 Å². The molecule has 0 unspecified atom stereocenters. The zero-order valence-electron chi connectivity index (χ0n) is 10.3. The van der Waals surface area contributed by atoms with Crippen molar-refractivity contribution in [2.45, 2.75) is 19.9 Å². The maximum Gasteiger partial charge on any atom is 0.246 e. The zero-order valence-corrected chi connectivity index (χ0v) is 10.3. The van der Waals surface area contributed by atoms with Crippen LogP contribution in [0, 0.1) is 0 Å². The number of anilines is 2. The first-order valence-corrected chi connectivity index (χ1v) is 5.84. The Labute approximate surface area is 106 Å². The number of carbonyl (C=O) groups excluding carboxylic acids is 1. The van der Waals surface area contributed by atoms with Crippen LogP contribution in [0.3, 0.4) is 0 Å². The molecule has 0 atom stereocenters. The Kier molecular flexibility index (Phi) is 3.62. The van der Waals surface area contributed by atoms with Gasteiger partial charge in [0, 0.05) is 11.9 Å². The molecule has 5 heteroatoms. The van der Waals surface area contributed by atoms with Crippen LogP contribution in [0.1, 0.15) is 12.5 Å². The quantitative estimate of drug-likeness (QED) is 0.859. The second-order valence-corrected chi connectivity index (χ2v) is 4.07. The maximum atomic E-state index is 11.7. The monoisotopic (exact) mass is 244 g/mol. The summed E-state index contributed by atoms with van der Waals surface area (Å²) in [5.74, 6) is -0.123. The summed E-state index contributed by atoms with van der Waals surface area (Å²) in [6, 6.07) is 7.80. The fraction of sp³-hybridized carbons (Fsp3) is 0.231. The van der Waals surface area contributed by atoms with Crippen LogP contribution in [0.5, 0.6) is 0 Å².